The largest absolute Gasteiger partial charge is 0.324 e. The van der Waals surface area contributed by atoms with Crippen LogP contribution in [0.3, 0.4) is 0 Å². The molecule has 0 bridgehead atoms. The summed E-state index contributed by atoms with van der Waals surface area (Å²) in [6.45, 7) is 3.68. The van der Waals surface area contributed by atoms with Crippen LogP contribution in [0.1, 0.15) is 24.4 Å². The van der Waals surface area contributed by atoms with Gasteiger partial charge < -0.3 is 5.73 Å². The maximum atomic E-state index is 5.98. The first kappa shape index (κ1) is 10.5. The summed E-state index contributed by atoms with van der Waals surface area (Å²) >= 11 is 3.42. The lowest BCUT2D eigenvalue weighted by Crippen LogP contribution is -2.09. The van der Waals surface area contributed by atoms with Crippen LogP contribution in [0.25, 0.3) is 0 Å². The molecule has 0 fully saturated rings. The lowest BCUT2D eigenvalue weighted by Gasteiger charge is -2.10. The van der Waals surface area contributed by atoms with Gasteiger partial charge in [0.2, 0.25) is 0 Å². The zero-order chi connectivity index (χ0) is 9.68. The molecule has 0 aromatic heterocycles. The molecule has 0 radical (unpaired) electrons. The molecule has 0 aliphatic heterocycles. The Morgan fingerprint density at radius 3 is 2.92 bits per heavy atom. The van der Waals surface area contributed by atoms with E-state index in [4.69, 9.17) is 5.73 Å². The zero-order valence-corrected chi connectivity index (χ0v) is 9.13. The summed E-state index contributed by atoms with van der Waals surface area (Å²) in [6, 6.07) is 8.25. The van der Waals surface area contributed by atoms with Crippen molar-refractivity contribution in [3.8, 4) is 0 Å². The number of allylic oxidation sites excluding steroid dienone is 1. The van der Waals surface area contributed by atoms with Gasteiger partial charge in [-0.2, -0.15) is 0 Å². The summed E-state index contributed by atoms with van der Waals surface area (Å²) in [5.41, 5.74) is 7.16. The van der Waals surface area contributed by atoms with Gasteiger partial charge in [-0.1, -0.05) is 34.1 Å². The standard InChI is InChI=1S/C11H14BrN/c1-2-3-7-11(13)9-5-4-6-10(12)8-9/h2,4-6,8,11H,1,3,7,13H2/t11-/m1/s1. The Kier molecular flexibility index (Phi) is 4.19. The molecule has 1 nitrogen and oxygen atoms in total. The fourth-order valence-electron chi connectivity index (χ4n) is 1.20. The summed E-state index contributed by atoms with van der Waals surface area (Å²) in [5, 5.41) is 0. The Morgan fingerprint density at radius 1 is 1.54 bits per heavy atom. The molecule has 1 aromatic rings. The molecule has 1 rings (SSSR count). The van der Waals surface area contributed by atoms with E-state index in [-0.39, 0.29) is 6.04 Å². The minimum absolute atomic E-state index is 0.121. The van der Waals surface area contributed by atoms with Gasteiger partial charge in [-0.15, -0.1) is 6.58 Å². The van der Waals surface area contributed by atoms with E-state index < -0.39 is 0 Å². The van der Waals surface area contributed by atoms with Crippen LogP contribution >= 0.6 is 15.9 Å². The second-order valence-corrected chi connectivity index (χ2v) is 3.94. The van der Waals surface area contributed by atoms with Gasteiger partial charge in [0.05, 0.1) is 0 Å². The van der Waals surface area contributed by atoms with Gasteiger partial charge in [0.1, 0.15) is 0 Å². The fraction of sp³-hybridized carbons (Fsp3) is 0.273. The van der Waals surface area contributed by atoms with Crippen LogP contribution in [0.15, 0.2) is 41.4 Å². The number of nitrogens with two attached hydrogens (primary N) is 1. The zero-order valence-electron chi connectivity index (χ0n) is 7.54. The predicted octanol–water partition coefficient (Wildman–Crippen LogP) is 3.42. The summed E-state index contributed by atoms with van der Waals surface area (Å²) < 4.78 is 1.08. The van der Waals surface area contributed by atoms with Gasteiger partial charge in [0, 0.05) is 10.5 Å². The molecule has 0 saturated carbocycles. The smallest absolute Gasteiger partial charge is 0.0298 e. The second kappa shape index (κ2) is 5.20. The van der Waals surface area contributed by atoms with Crippen molar-refractivity contribution in [2.45, 2.75) is 18.9 Å². The number of hydrogen-bond acceptors (Lipinski definition) is 1. The molecule has 2 N–H and O–H groups in total. The molecule has 2 heteroatoms. The average Bonchev–Trinajstić information content (AvgIpc) is 2.14. The Labute approximate surface area is 87.8 Å². The molecule has 13 heavy (non-hydrogen) atoms. The number of benzene rings is 1. The molecular weight excluding hydrogens is 226 g/mol. The quantitative estimate of drug-likeness (QED) is 0.802. The van der Waals surface area contributed by atoms with E-state index in [0.29, 0.717) is 0 Å². The maximum absolute atomic E-state index is 5.98. The normalized spacial score (nSPS) is 12.5. The summed E-state index contributed by atoms with van der Waals surface area (Å²) in [7, 11) is 0. The SMILES string of the molecule is C=CCC[C@@H](N)c1cccc(Br)c1. The first-order valence-corrected chi connectivity index (χ1v) is 5.15. The van der Waals surface area contributed by atoms with Crippen LogP contribution in [0, 0.1) is 0 Å². The molecule has 0 saturated heterocycles. The van der Waals surface area contributed by atoms with Crippen molar-refractivity contribution in [1.82, 2.24) is 0 Å². The van der Waals surface area contributed by atoms with Gasteiger partial charge in [-0.05, 0) is 30.5 Å². The van der Waals surface area contributed by atoms with Crippen molar-refractivity contribution < 1.29 is 0 Å². The van der Waals surface area contributed by atoms with Crippen molar-refractivity contribution in [2.24, 2.45) is 5.73 Å². The molecule has 0 amide bonds. The first-order chi connectivity index (χ1) is 6.24. The van der Waals surface area contributed by atoms with Gasteiger partial charge in [-0.25, -0.2) is 0 Å². The molecule has 0 heterocycles. The molecule has 0 spiro atoms. The highest BCUT2D eigenvalue weighted by atomic mass is 79.9. The summed E-state index contributed by atoms with van der Waals surface area (Å²) in [5.74, 6) is 0. The lowest BCUT2D eigenvalue weighted by atomic mass is 10.0. The van der Waals surface area contributed by atoms with Crippen molar-refractivity contribution >= 4 is 15.9 Å². The van der Waals surface area contributed by atoms with E-state index in [0.717, 1.165) is 17.3 Å². The van der Waals surface area contributed by atoms with Crippen LogP contribution in [-0.4, -0.2) is 0 Å². The Morgan fingerprint density at radius 2 is 2.31 bits per heavy atom. The van der Waals surface area contributed by atoms with Crippen LogP contribution in [0.4, 0.5) is 0 Å². The molecular formula is C11H14BrN. The maximum Gasteiger partial charge on any atom is 0.0298 e. The number of halogens is 1. The minimum atomic E-state index is 0.121. The number of hydrogen-bond donors (Lipinski definition) is 1. The Bertz CT molecular complexity index is 283. The number of rotatable bonds is 4. The average molecular weight is 240 g/mol. The fourth-order valence-corrected chi connectivity index (χ4v) is 1.62. The third-order valence-corrected chi connectivity index (χ3v) is 2.45. The molecule has 1 atom stereocenters. The van der Waals surface area contributed by atoms with Crippen molar-refractivity contribution in [3.05, 3.63) is 47.0 Å². The van der Waals surface area contributed by atoms with Crippen LogP contribution in [0.5, 0.6) is 0 Å². The molecule has 70 valence electrons. The van der Waals surface area contributed by atoms with E-state index >= 15 is 0 Å². The van der Waals surface area contributed by atoms with Crippen LogP contribution < -0.4 is 5.73 Å². The molecule has 1 aromatic carbocycles. The molecule has 0 unspecified atom stereocenters. The highest BCUT2D eigenvalue weighted by molar-refractivity contribution is 9.10. The van der Waals surface area contributed by atoms with Crippen molar-refractivity contribution in [3.63, 3.8) is 0 Å². The van der Waals surface area contributed by atoms with E-state index in [9.17, 15) is 0 Å². The van der Waals surface area contributed by atoms with E-state index in [1.165, 1.54) is 5.56 Å². The van der Waals surface area contributed by atoms with Gasteiger partial charge in [-0.3, -0.25) is 0 Å². The van der Waals surface area contributed by atoms with Crippen molar-refractivity contribution in [2.75, 3.05) is 0 Å². The van der Waals surface area contributed by atoms with Crippen LogP contribution in [0.2, 0.25) is 0 Å². The first-order valence-electron chi connectivity index (χ1n) is 4.36. The summed E-state index contributed by atoms with van der Waals surface area (Å²) in [6.07, 6.45) is 3.82. The highest BCUT2D eigenvalue weighted by Gasteiger charge is 2.04. The molecule has 0 aliphatic rings. The summed E-state index contributed by atoms with van der Waals surface area (Å²) in [4.78, 5) is 0. The van der Waals surface area contributed by atoms with E-state index in [1.807, 2.05) is 18.2 Å². The third kappa shape index (κ3) is 3.33. The third-order valence-electron chi connectivity index (χ3n) is 1.96. The lowest BCUT2D eigenvalue weighted by molar-refractivity contribution is 0.661. The minimum Gasteiger partial charge on any atom is -0.324 e. The van der Waals surface area contributed by atoms with E-state index in [2.05, 4.69) is 34.6 Å². The van der Waals surface area contributed by atoms with Gasteiger partial charge in [0.15, 0.2) is 0 Å². The topological polar surface area (TPSA) is 26.0 Å². The van der Waals surface area contributed by atoms with E-state index in [1.54, 1.807) is 0 Å². The second-order valence-electron chi connectivity index (χ2n) is 3.03. The van der Waals surface area contributed by atoms with Crippen LogP contribution in [-0.2, 0) is 0 Å². The van der Waals surface area contributed by atoms with Gasteiger partial charge >= 0.3 is 0 Å². The predicted molar refractivity (Wildman–Crippen MR) is 60.5 cm³/mol. The van der Waals surface area contributed by atoms with Gasteiger partial charge in [0.25, 0.3) is 0 Å². The monoisotopic (exact) mass is 239 g/mol. The van der Waals surface area contributed by atoms with Crippen molar-refractivity contribution in [1.29, 1.82) is 0 Å². The Balaban J connectivity index is 2.65. The molecule has 0 aliphatic carbocycles. The Hall–Kier alpha value is -0.600. The highest BCUT2D eigenvalue weighted by Crippen LogP contribution is 2.19.